The Morgan fingerprint density at radius 2 is 2.10 bits per heavy atom. The molecule has 4 heteroatoms. The maximum atomic E-state index is 5.83. The highest BCUT2D eigenvalue weighted by Crippen LogP contribution is 2.18. The lowest BCUT2D eigenvalue weighted by Crippen LogP contribution is -2.39. The molecule has 1 fully saturated rings. The first-order valence-corrected chi connectivity index (χ1v) is 7.95. The minimum Gasteiger partial charge on any atom is -0.492 e. The molecule has 1 aromatic rings. The van der Waals surface area contributed by atoms with Gasteiger partial charge in [-0.3, -0.25) is 4.90 Å². The zero-order valence-corrected chi connectivity index (χ0v) is 13.5. The van der Waals surface area contributed by atoms with Gasteiger partial charge in [-0.05, 0) is 44.6 Å². The zero-order chi connectivity index (χ0) is 15.1. The summed E-state index contributed by atoms with van der Waals surface area (Å²) in [6.07, 6.45) is 1.46. The molecule has 0 spiro atoms. The molecule has 2 atom stereocenters. The molecule has 0 bridgehead atoms. The third-order valence-corrected chi connectivity index (χ3v) is 4.12. The van der Waals surface area contributed by atoms with Crippen molar-refractivity contribution in [3.63, 3.8) is 0 Å². The Kier molecular flexibility index (Phi) is 6.49. The molecule has 0 saturated carbocycles. The predicted molar refractivity (Wildman–Crippen MR) is 85.8 cm³/mol. The van der Waals surface area contributed by atoms with E-state index in [4.69, 9.17) is 9.47 Å². The van der Waals surface area contributed by atoms with E-state index in [0.29, 0.717) is 18.8 Å². The van der Waals surface area contributed by atoms with Gasteiger partial charge in [-0.1, -0.05) is 19.1 Å². The molecule has 0 aromatic heterocycles. The van der Waals surface area contributed by atoms with Crippen molar-refractivity contribution in [3.05, 3.63) is 29.8 Å². The topological polar surface area (TPSA) is 33.7 Å². The standard InChI is InChI=1S/C17H28N2O2/c1-4-18-13-15-5-7-16(8-6-15)21-12-10-19(3)17-9-11-20-14(17)2/h5-8,14,17-18H,4,9-13H2,1-3H3. The van der Waals surface area contributed by atoms with Crippen LogP contribution in [0.4, 0.5) is 0 Å². The average Bonchev–Trinajstić information content (AvgIpc) is 2.92. The minimum absolute atomic E-state index is 0.334. The summed E-state index contributed by atoms with van der Waals surface area (Å²) >= 11 is 0. The molecule has 4 nitrogen and oxygen atoms in total. The molecule has 1 heterocycles. The van der Waals surface area contributed by atoms with Gasteiger partial charge in [0.2, 0.25) is 0 Å². The molecule has 118 valence electrons. The number of rotatable bonds is 8. The van der Waals surface area contributed by atoms with Gasteiger partial charge in [0.1, 0.15) is 12.4 Å². The van der Waals surface area contributed by atoms with Crippen LogP contribution in [0.2, 0.25) is 0 Å². The van der Waals surface area contributed by atoms with Crippen LogP contribution >= 0.6 is 0 Å². The van der Waals surface area contributed by atoms with Gasteiger partial charge >= 0.3 is 0 Å². The van der Waals surface area contributed by atoms with Crippen molar-refractivity contribution < 1.29 is 9.47 Å². The van der Waals surface area contributed by atoms with Crippen LogP contribution in [0.5, 0.6) is 5.75 Å². The summed E-state index contributed by atoms with van der Waals surface area (Å²) in [4.78, 5) is 2.34. The number of hydrogen-bond donors (Lipinski definition) is 1. The molecule has 0 aliphatic carbocycles. The zero-order valence-electron chi connectivity index (χ0n) is 13.5. The number of benzene rings is 1. The van der Waals surface area contributed by atoms with Gasteiger partial charge in [-0.25, -0.2) is 0 Å². The van der Waals surface area contributed by atoms with Gasteiger partial charge < -0.3 is 14.8 Å². The molecular weight excluding hydrogens is 264 g/mol. The Bertz CT molecular complexity index is 408. The largest absolute Gasteiger partial charge is 0.492 e. The highest BCUT2D eigenvalue weighted by molar-refractivity contribution is 5.27. The van der Waals surface area contributed by atoms with Crippen LogP contribution in [0.15, 0.2) is 24.3 Å². The van der Waals surface area contributed by atoms with Crippen molar-refractivity contribution in [2.24, 2.45) is 0 Å². The van der Waals surface area contributed by atoms with Gasteiger partial charge in [0.15, 0.2) is 0 Å². The van der Waals surface area contributed by atoms with E-state index < -0.39 is 0 Å². The fraction of sp³-hybridized carbons (Fsp3) is 0.647. The lowest BCUT2D eigenvalue weighted by Gasteiger charge is -2.26. The monoisotopic (exact) mass is 292 g/mol. The number of nitrogens with one attached hydrogen (secondary N) is 1. The molecule has 0 amide bonds. The van der Waals surface area contributed by atoms with Crippen LogP contribution in [0, 0.1) is 0 Å². The number of nitrogens with zero attached hydrogens (tertiary/aromatic N) is 1. The summed E-state index contributed by atoms with van der Waals surface area (Å²) in [5, 5.41) is 3.32. The second-order valence-electron chi connectivity index (χ2n) is 5.69. The van der Waals surface area contributed by atoms with Crippen molar-refractivity contribution in [1.29, 1.82) is 0 Å². The fourth-order valence-electron chi connectivity index (χ4n) is 2.75. The molecule has 21 heavy (non-hydrogen) atoms. The van der Waals surface area contributed by atoms with Crippen LogP contribution in [0.3, 0.4) is 0 Å². The van der Waals surface area contributed by atoms with Crippen molar-refractivity contribution in [1.82, 2.24) is 10.2 Å². The summed E-state index contributed by atoms with van der Waals surface area (Å²) in [6.45, 7) is 8.70. The molecular formula is C17H28N2O2. The van der Waals surface area contributed by atoms with E-state index in [2.05, 4.69) is 43.2 Å². The molecule has 0 radical (unpaired) electrons. The minimum atomic E-state index is 0.334. The second kappa shape index (κ2) is 8.37. The number of ether oxygens (including phenoxy) is 2. The number of likely N-dealkylation sites (N-methyl/N-ethyl adjacent to an activating group) is 1. The Labute approximate surface area is 128 Å². The van der Waals surface area contributed by atoms with Crippen molar-refractivity contribution >= 4 is 0 Å². The molecule has 2 rings (SSSR count). The predicted octanol–water partition coefficient (Wildman–Crippen LogP) is 2.28. The quantitative estimate of drug-likeness (QED) is 0.797. The van der Waals surface area contributed by atoms with Crippen LogP contribution in [-0.2, 0) is 11.3 Å². The first kappa shape index (κ1) is 16.3. The first-order chi connectivity index (χ1) is 10.2. The maximum absolute atomic E-state index is 5.83. The summed E-state index contributed by atoms with van der Waals surface area (Å²) < 4.78 is 11.4. The Hall–Kier alpha value is -1.10. The van der Waals surface area contributed by atoms with Gasteiger partial charge in [-0.15, -0.1) is 0 Å². The SMILES string of the molecule is CCNCc1ccc(OCCN(C)C2CCOC2C)cc1. The summed E-state index contributed by atoms with van der Waals surface area (Å²) in [5.74, 6) is 0.944. The van der Waals surface area contributed by atoms with Gasteiger partial charge in [0.25, 0.3) is 0 Å². The van der Waals surface area contributed by atoms with Crippen LogP contribution in [0.1, 0.15) is 25.8 Å². The highest BCUT2D eigenvalue weighted by atomic mass is 16.5. The van der Waals surface area contributed by atoms with E-state index in [-0.39, 0.29) is 0 Å². The van der Waals surface area contributed by atoms with E-state index in [1.807, 2.05) is 12.1 Å². The highest BCUT2D eigenvalue weighted by Gasteiger charge is 2.27. The lowest BCUT2D eigenvalue weighted by molar-refractivity contribution is 0.0787. The van der Waals surface area contributed by atoms with E-state index in [9.17, 15) is 0 Å². The van der Waals surface area contributed by atoms with E-state index >= 15 is 0 Å². The molecule has 1 N–H and O–H groups in total. The molecule has 1 saturated heterocycles. The molecule has 1 aromatic carbocycles. The smallest absolute Gasteiger partial charge is 0.119 e. The lowest BCUT2D eigenvalue weighted by atomic mass is 10.1. The molecule has 1 aliphatic rings. The Morgan fingerprint density at radius 1 is 1.33 bits per heavy atom. The van der Waals surface area contributed by atoms with Crippen molar-refractivity contribution in [3.8, 4) is 5.75 Å². The third kappa shape index (κ3) is 4.99. The summed E-state index contributed by atoms with van der Waals surface area (Å²) in [7, 11) is 2.15. The van der Waals surface area contributed by atoms with E-state index in [1.54, 1.807) is 0 Å². The fourth-order valence-corrected chi connectivity index (χ4v) is 2.75. The summed E-state index contributed by atoms with van der Waals surface area (Å²) in [6, 6.07) is 8.86. The number of hydrogen-bond acceptors (Lipinski definition) is 4. The maximum Gasteiger partial charge on any atom is 0.119 e. The van der Waals surface area contributed by atoms with Crippen molar-refractivity contribution in [2.75, 3.05) is 33.4 Å². The van der Waals surface area contributed by atoms with Gasteiger partial charge in [0.05, 0.1) is 6.10 Å². The Balaban J connectivity index is 1.70. The average molecular weight is 292 g/mol. The first-order valence-electron chi connectivity index (χ1n) is 7.95. The molecule has 1 aliphatic heterocycles. The van der Waals surface area contributed by atoms with Crippen molar-refractivity contribution in [2.45, 2.75) is 39.0 Å². The molecule has 2 unspecified atom stereocenters. The Morgan fingerprint density at radius 3 is 2.71 bits per heavy atom. The van der Waals surface area contributed by atoms with Gasteiger partial charge in [-0.2, -0.15) is 0 Å². The second-order valence-corrected chi connectivity index (χ2v) is 5.69. The van der Waals surface area contributed by atoms with Crippen LogP contribution < -0.4 is 10.1 Å². The normalized spacial score (nSPS) is 21.9. The van der Waals surface area contributed by atoms with Gasteiger partial charge in [0, 0.05) is 25.7 Å². The third-order valence-electron chi connectivity index (χ3n) is 4.12. The van der Waals surface area contributed by atoms with E-state index in [0.717, 1.165) is 38.4 Å². The van der Waals surface area contributed by atoms with Crippen LogP contribution in [0.25, 0.3) is 0 Å². The van der Waals surface area contributed by atoms with E-state index in [1.165, 1.54) is 5.56 Å². The summed E-state index contributed by atoms with van der Waals surface area (Å²) in [5.41, 5.74) is 1.29. The van der Waals surface area contributed by atoms with Crippen LogP contribution in [-0.4, -0.2) is 50.4 Å².